The van der Waals surface area contributed by atoms with E-state index in [0.717, 1.165) is 18.7 Å². The van der Waals surface area contributed by atoms with Gasteiger partial charge in [-0.15, -0.1) is 0 Å². The van der Waals surface area contributed by atoms with E-state index in [1.54, 1.807) is 7.05 Å². The van der Waals surface area contributed by atoms with Gasteiger partial charge in [0.1, 0.15) is 5.75 Å². The summed E-state index contributed by atoms with van der Waals surface area (Å²) in [6.45, 7) is 3.43. The van der Waals surface area contributed by atoms with Gasteiger partial charge in [0.2, 0.25) is 0 Å². The van der Waals surface area contributed by atoms with Crippen LogP contribution in [-0.4, -0.2) is 44.8 Å². The second-order valence-corrected chi connectivity index (χ2v) is 5.95. The van der Waals surface area contributed by atoms with E-state index in [-0.39, 0.29) is 5.41 Å². The number of likely N-dealkylation sites (N-methyl/N-ethyl adjacent to an activating group) is 2. The van der Waals surface area contributed by atoms with Crippen molar-refractivity contribution in [1.29, 1.82) is 0 Å². The van der Waals surface area contributed by atoms with Crippen molar-refractivity contribution >= 4 is 11.8 Å². The molecule has 1 N–H and O–H groups in total. The summed E-state index contributed by atoms with van der Waals surface area (Å²) in [5, 5.41) is 2.46. The molecule has 1 saturated heterocycles. The van der Waals surface area contributed by atoms with E-state index >= 15 is 0 Å². The number of nitrogens with one attached hydrogen (secondary N) is 1. The minimum absolute atomic E-state index is 0.157. The van der Waals surface area contributed by atoms with Crippen molar-refractivity contribution in [2.75, 3.05) is 32.6 Å². The summed E-state index contributed by atoms with van der Waals surface area (Å²) in [5.41, 5.74) is 2.66. The molecule has 3 rings (SSSR count). The van der Waals surface area contributed by atoms with Gasteiger partial charge in [0, 0.05) is 37.8 Å². The molecule has 0 aromatic heterocycles. The third-order valence-corrected chi connectivity index (χ3v) is 4.72. The van der Waals surface area contributed by atoms with Crippen LogP contribution in [0.25, 0.3) is 0 Å². The van der Waals surface area contributed by atoms with E-state index in [9.17, 15) is 4.79 Å². The largest absolute Gasteiger partial charge is 0.412 e. The quantitative estimate of drug-likeness (QED) is 0.848. The Labute approximate surface area is 119 Å². The standard InChI is InChI=1S/C15H21N3O2/c1-15-7-8-17(3)13(15)18(4)12-9-10(5-6-11(12)15)20-14(19)16-2/h5-6,9,13H,7-8H2,1-4H3,(H,16,19)/t13-,15-/m0/s1. The minimum Gasteiger partial charge on any atom is -0.410 e. The van der Waals surface area contributed by atoms with E-state index < -0.39 is 6.09 Å². The number of carbonyl (C=O) groups is 1. The van der Waals surface area contributed by atoms with E-state index in [1.807, 2.05) is 12.1 Å². The van der Waals surface area contributed by atoms with Crippen molar-refractivity contribution in [3.05, 3.63) is 23.8 Å². The molecule has 20 heavy (non-hydrogen) atoms. The Morgan fingerprint density at radius 3 is 2.90 bits per heavy atom. The summed E-state index contributed by atoms with van der Waals surface area (Å²) < 4.78 is 5.23. The predicted octanol–water partition coefficient (Wildman–Crippen LogP) is 1.77. The highest BCUT2D eigenvalue weighted by Crippen LogP contribution is 2.51. The number of nitrogens with zero attached hydrogens (tertiary/aromatic N) is 2. The first-order valence-electron chi connectivity index (χ1n) is 6.94. The van der Waals surface area contributed by atoms with Crippen LogP contribution in [0, 0.1) is 0 Å². The molecule has 1 aromatic rings. The van der Waals surface area contributed by atoms with Gasteiger partial charge < -0.3 is 15.0 Å². The topological polar surface area (TPSA) is 44.8 Å². The molecule has 2 aliphatic heterocycles. The van der Waals surface area contributed by atoms with Crippen LogP contribution in [0.15, 0.2) is 18.2 Å². The second kappa shape index (κ2) is 4.38. The zero-order valence-corrected chi connectivity index (χ0v) is 12.4. The van der Waals surface area contributed by atoms with Crippen molar-refractivity contribution in [3.63, 3.8) is 0 Å². The molecular formula is C15H21N3O2. The number of rotatable bonds is 1. The van der Waals surface area contributed by atoms with Crippen LogP contribution in [-0.2, 0) is 5.41 Å². The lowest BCUT2D eigenvalue weighted by molar-refractivity contribution is 0.203. The van der Waals surface area contributed by atoms with Crippen molar-refractivity contribution in [2.45, 2.75) is 24.9 Å². The van der Waals surface area contributed by atoms with Crippen molar-refractivity contribution in [2.24, 2.45) is 0 Å². The summed E-state index contributed by atoms with van der Waals surface area (Å²) in [7, 11) is 5.84. The highest BCUT2D eigenvalue weighted by molar-refractivity contribution is 5.72. The summed E-state index contributed by atoms with van der Waals surface area (Å²) >= 11 is 0. The molecule has 1 aromatic carbocycles. The van der Waals surface area contributed by atoms with Crippen LogP contribution >= 0.6 is 0 Å². The minimum atomic E-state index is -0.436. The number of hydrogen-bond donors (Lipinski definition) is 1. The molecule has 0 spiro atoms. The van der Waals surface area contributed by atoms with Crippen LogP contribution in [0.5, 0.6) is 5.75 Å². The van der Waals surface area contributed by atoms with Gasteiger partial charge in [0.25, 0.3) is 0 Å². The van der Waals surface area contributed by atoms with Crippen molar-refractivity contribution in [1.82, 2.24) is 10.2 Å². The lowest BCUT2D eigenvalue weighted by Crippen LogP contribution is -2.45. The monoisotopic (exact) mass is 275 g/mol. The maximum absolute atomic E-state index is 11.3. The number of amides is 1. The summed E-state index contributed by atoms with van der Waals surface area (Å²) in [5.74, 6) is 0.584. The van der Waals surface area contributed by atoms with E-state index in [2.05, 4.69) is 42.2 Å². The number of fused-ring (bicyclic) bond motifs is 3. The number of likely N-dealkylation sites (tertiary alicyclic amines) is 1. The van der Waals surface area contributed by atoms with Gasteiger partial charge in [0.15, 0.2) is 0 Å². The zero-order chi connectivity index (χ0) is 14.5. The molecule has 1 fully saturated rings. The van der Waals surface area contributed by atoms with Crippen molar-refractivity contribution in [3.8, 4) is 5.75 Å². The fourth-order valence-corrected chi connectivity index (χ4v) is 3.78. The molecule has 2 heterocycles. The smallest absolute Gasteiger partial charge is 0.410 e. The van der Waals surface area contributed by atoms with E-state index in [1.165, 1.54) is 5.56 Å². The Morgan fingerprint density at radius 1 is 1.45 bits per heavy atom. The maximum Gasteiger partial charge on any atom is 0.412 e. The highest BCUT2D eigenvalue weighted by atomic mass is 16.5. The first-order valence-corrected chi connectivity index (χ1v) is 6.94. The fourth-order valence-electron chi connectivity index (χ4n) is 3.78. The Hall–Kier alpha value is -1.75. The number of carbonyl (C=O) groups excluding carboxylic acids is 1. The lowest BCUT2D eigenvalue weighted by Gasteiger charge is -2.32. The van der Waals surface area contributed by atoms with Crippen LogP contribution in [0.4, 0.5) is 10.5 Å². The molecule has 0 unspecified atom stereocenters. The van der Waals surface area contributed by atoms with Gasteiger partial charge in [-0.2, -0.15) is 0 Å². The van der Waals surface area contributed by atoms with Gasteiger partial charge in [-0.05, 0) is 25.1 Å². The molecule has 5 heteroatoms. The lowest BCUT2D eigenvalue weighted by atomic mass is 9.81. The molecule has 2 atom stereocenters. The Balaban J connectivity index is 1.98. The first kappa shape index (κ1) is 13.2. The number of hydrogen-bond acceptors (Lipinski definition) is 4. The van der Waals surface area contributed by atoms with Gasteiger partial charge in [-0.1, -0.05) is 13.0 Å². The fraction of sp³-hybridized carbons (Fsp3) is 0.533. The maximum atomic E-state index is 11.3. The number of benzene rings is 1. The molecule has 0 radical (unpaired) electrons. The SMILES string of the molecule is CNC(=O)Oc1ccc2c(c1)N(C)[C@@H]1N(C)CC[C@@]21C. The normalized spacial score (nSPS) is 28.2. The van der Waals surface area contributed by atoms with E-state index in [4.69, 9.17) is 4.74 Å². The summed E-state index contributed by atoms with van der Waals surface area (Å²) in [6.07, 6.45) is 1.10. The first-order chi connectivity index (χ1) is 9.47. The molecule has 5 nitrogen and oxygen atoms in total. The second-order valence-electron chi connectivity index (χ2n) is 5.95. The molecule has 0 saturated carbocycles. The average molecular weight is 275 g/mol. The average Bonchev–Trinajstić information content (AvgIpc) is 2.84. The van der Waals surface area contributed by atoms with Crippen molar-refractivity contribution < 1.29 is 9.53 Å². The van der Waals surface area contributed by atoms with E-state index in [0.29, 0.717) is 11.9 Å². The predicted molar refractivity (Wildman–Crippen MR) is 78.3 cm³/mol. The Morgan fingerprint density at radius 2 is 2.20 bits per heavy atom. The zero-order valence-electron chi connectivity index (χ0n) is 12.4. The van der Waals surface area contributed by atoms with Crippen LogP contribution < -0.4 is 15.0 Å². The van der Waals surface area contributed by atoms with Crippen LogP contribution in [0.1, 0.15) is 18.9 Å². The summed E-state index contributed by atoms with van der Waals surface area (Å²) in [6, 6.07) is 5.94. The summed E-state index contributed by atoms with van der Waals surface area (Å²) in [4.78, 5) is 16.0. The Bertz CT molecular complexity index is 560. The van der Waals surface area contributed by atoms with Crippen LogP contribution in [0.2, 0.25) is 0 Å². The van der Waals surface area contributed by atoms with Crippen LogP contribution in [0.3, 0.4) is 0 Å². The number of anilines is 1. The Kier molecular flexibility index (Phi) is 2.90. The third-order valence-electron chi connectivity index (χ3n) is 4.72. The van der Waals surface area contributed by atoms with Gasteiger partial charge in [-0.3, -0.25) is 4.90 Å². The van der Waals surface area contributed by atoms with Gasteiger partial charge in [0.05, 0.1) is 6.17 Å². The molecule has 0 bridgehead atoms. The highest BCUT2D eigenvalue weighted by Gasteiger charge is 2.52. The molecule has 0 aliphatic carbocycles. The molecule has 1 amide bonds. The number of ether oxygens (including phenoxy) is 1. The molecular weight excluding hydrogens is 254 g/mol. The van der Waals surface area contributed by atoms with Gasteiger partial charge >= 0.3 is 6.09 Å². The molecule has 108 valence electrons. The van der Waals surface area contributed by atoms with Gasteiger partial charge in [-0.25, -0.2) is 4.79 Å². The molecule has 2 aliphatic rings. The third kappa shape index (κ3) is 1.69.